The molecule has 8 nitrogen and oxygen atoms in total. The molecule has 1 aliphatic heterocycles. The molecule has 0 spiro atoms. The number of amides is 3. The number of hydrogen-bond donors (Lipinski definition) is 1. The first kappa shape index (κ1) is 24.3. The van der Waals surface area contributed by atoms with Crippen LogP contribution in [0.4, 0.5) is 10.5 Å². The topological polar surface area (TPSA) is 106 Å². The van der Waals surface area contributed by atoms with Crippen molar-refractivity contribution in [3.8, 4) is 11.3 Å². The van der Waals surface area contributed by atoms with Crippen LogP contribution >= 0.6 is 23.4 Å². The van der Waals surface area contributed by atoms with Gasteiger partial charge in [-0.1, -0.05) is 29.8 Å². The largest absolute Gasteiger partial charge is 0.465 e. The molecule has 0 saturated carbocycles. The fraction of sp³-hybridized carbons (Fsp3) is 0.120. The van der Waals surface area contributed by atoms with Gasteiger partial charge in [-0.3, -0.25) is 19.3 Å². The van der Waals surface area contributed by atoms with E-state index in [9.17, 15) is 19.2 Å². The molecule has 0 radical (unpaired) electrons. The predicted octanol–water partition coefficient (Wildman–Crippen LogP) is 5.37. The number of nitrogens with one attached hydrogen (secondary N) is 1. The van der Waals surface area contributed by atoms with E-state index in [0.717, 1.165) is 27.8 Å². The molecule has 3 amide bonds. The summed E-state index contributed by atoms with van der Waals surface area (Å²) in [5, 5.41) is 2.58. The van der Waals surface area contributed by atoms with Gasteiger partial charge in [-0.2, -0.15) is 0 Å². The highest BCUT2D eigenvalue weighted by Gasteiger charge is 2.36. The number of rotatable bonds is 6. The molecule has 0 bridgehead atoms. The molecule has 4 rings (SSSR count). The summed E-state index contributed by atoms with van der Waals surface area (Å²) in [6.45, 7) is 1.38. The Morgan fingerprint density at radius 1 is 1.11 bits per heavy atom. The number of carbonyl (C=O) groups excluding carboxylic acids is 4. The predicted molar refractivity (Wildman–Crippen MR) is 133 cm³/mol. The number of hydrogen-bond acceptors (Lipinski definition) is 7. The van der Waals surface area contributed by atoms with Crippen molar-refractivity contribution in [3.63, 3.8) is 0 Å². The number of methoxy groups -OCH3 is 1. The van der Waals surface area contributed by atoms with Crippen molar-refractivity contribution in [1.82, 2.24) is 4.90 Å². The van der Waals surface area contributed by atoms with Crippen LogP contribution in [0, 0.1) is 6.92 Å². The van der Waals surface area contributed by atoms with Crippen molar-refractivity contribution in [2.75, 3.05) is 19.0 Å². The van der Waals surface area contributed by atoms with E-state index >= 15 is 0 Å². The summed E-state index contributed by atoms with van der Waals surface area (Å²) >= 11 is 6.70. The zero-order chi connectivity index (χ0) is 25.1. The lowest BCUT2D eigenvalue weighted by Gasteiger charge is -2.13. The van der Waals surface area contributed by atoms with Gasteiger partial charge in [-0.15, -0.1) is 0 Å². The van der Waals surface area contributed by atoms with E-state index in [1.807, 2.05) is 0 Å². The third-order valence-corrected chi connectivity index (χ3v) is 6.28. The molecular weight excluding hydrogens is 492 g/mol. The van der Waals surface area contributed by atoms with Crippen molar-refractivity contribution >= 4 is 58.1 Å². The molecule has 178 valence electrons. The van der Waals surface area contributed by atoms with E-state index in [0.29, 0.717) is 27.8 Å². The van der Waals surface area contributed by atoms with Crippen molar-refractivity contribution in [2.24, 2.45) is 0 Å². The van der Waals surface area contributed by atoms with Crippen molar-refractivity contribution < 1.29 is 28.3 Å². The van der Waals surface area contributed by atoms with Crippen LogP contribution in [0.3, 0.4) is 0 Å². The summed E-state index contributed by atoms with van der Waals surface area (Å²) in [6.07, 6.45) is 1.45. The minimum atomic E-state index is -0.585. The van der Waals surface area contributed by atoms with Crippen LogP contribution in [0.1, 0.15) is 21.7 Å². The fourth-order valence-corrected chi connectivity index (χ4v) is 4.29. The number of carbonyl (C=O) groups is 4. The van der Waals surface area contributed by atoms with E-state index in [-0.39, 0.29) is 4.91 Å². The molecule has 1 N–H and O–H groups in total. The number of anilines is 1. The standard InChI is InChI=1S/C25H19ClN2O6S/c1-14-3-8-17(26)11-19(14)27-22(29)13-28-23(30)21(35-25(28)32)12-18-9-10-20(34-18)15-4-6-16(7-5-15)24(31)33-2/h3-12H,13H2,1-2H3,(H,27,29)/b21-12+. The molecule has 1 saturated heterocycles. The Kier molecular flexibility index (Phi) is 7.09. The van der Waals surface area contributed by atoms with E-state index in [1.165, 1.54) is 13.2 Å². The van der Waals surface area contributed by atoms with Gasteiger partial charge >= 0.3 is 5.97 Å². The molecule has 35 heavy (non-hydrogen) atoms. The molecule has 1 aliphatic rings. The average molecular weight is 511 g/mol. The minimum Gasteiger partial charge on any atom is -0.465 e. The van der Waals surface area contributed by atoms with Crippen molar-refractivity contribution in [1.29, 1.82) is 0 Å². The average Bonchev–Trinajstić information content (AvgIpc) is 3.41. The Morgan fingerprint density at radius 3 is 2.57 bits per heavy atom. The minimum absolute atomic E-state index is 0.142. The van der Waals surface area contributed by atoms with Crippen LogP contribution in [0.15, 0.2) is 63.9 Å². The highest BCUT2D eigenvalue weighted by molar-refractivity contribution is 8.18. The molecule has 2 heterocycles. The molecule has 3 aromatic rings. The quantitative estimate of drug-likeness (QED) is 0.351. The number of esters is 1. The summed E-state index contributed by atoms with van der Waals surface area (Å²) < 4.78 is 10.5. The Hall–Kier alpha value is -3.82. The Balaban J connectivity index is 1.44. The lowest BCUT2D eigenvalue weighted by atomic mass is 10.1. The van der Waals surface area contributed by atoms with Gasteiger partial charge in [0.2, 0.25) is 5.91 Å². The monoisotopic (exact) mass is 510 g/mol. The summed E-state index contributed by atoms with van der Waals surface area (Å²) in [7, 11) is 1.31. The maximum Gasteiger partial charge on any atom is 0.337 e. The SMILES string of the molecule is COC(=O)c1ccc(-c2ccc(/C=C3/SC(=O)N(CC(=O)Nc4cc(Cl)ccc4C)C3=O)o2)cc1. The zero-order valence-electron chi connectivity index (χ0n) is 18.7. The first-order valence-electron chi connectivity index (χ1n) is 10.3. The van der Waals surface area contributed by atoms with Crippen LogP contribution in [-0.2, 0) is 14.3 Å². The molecule has 0 unspecified atom stereocenters. The van der Waals surface area contributed by atoms with Gasteiger partial charge in [0.05, 0.1) is 17.6 Å². The lowest BCUT2D eigenvalue weighted by molar-refractivity contribution is -0.127. The van der Waals surface area contributed by atoms with Crippen LogP contribution in [0.2, 0.25) is 5.02 Å². The highest BCUT2D eigenvalue weighted by Crippen LogP contribution is 2.33. The van der Waals surface area contributed by atoms with Gasteiger partial charge < -0.3 is 14.5 Å². The number of ether oxygens (including phenoxy) is 1. The maximum atomic E-state index is 12.8. The Morgan fingerprint density at radius 2 is 1.86 bits per heavy atom. The summed E-state index contributed by atoms with van der Waals surface area (Å²) in [4.78, 5) is 50.2. The fourth-order valence-electron chi connectivity index (χ4n) is 3.30. The van der Waals surface area contributed by atoms with Gasteiger partial charge in [0.25, 0.3) is 11.1 Å². The molecule has 1 aromatic heterocycles. The van der Waals surface area contributed by atoms with Crippen LogP contribution < -0.4 is 5.32 Å². The van der Waals surface area contributed by atoms with Gasteiger partial charge in [0, 0.05) is 22.3 Å². The molecule has 10 heteroatoms. The van der Waals surface area contributed by atoms with E-state index in [2.05, 4.69) is 10.1 Å². The molecule has 2 aromatic carbocycles. The van der Waals surface area contributed by atoms with Crippen molar-refractivity contribution in [2.45, 2.75) is 6.92 Å². The Labute approximate surface area is 209 Å². The highest BCUT2D eigenvalue weighted by atomic mass is 35.5. The number of benzene rings is 2. The van der Waals surface area contributed by atoms with E-state index in [4.69, 9.17) is 16.0 Å². The molecular formula is C25H19ClN2O6S. The second-order valence-corrected chi connectivity index (χ2v) is 8.98. The van der Waals surface area contributed by atoms with Crippen LogP contribution in [0.25, 0.3) is 17.4 Å². The van der Waals surface area contributed by atoms with Gasteiger partial charge in [-0.25, -0.2) is 4.79 Å². The van der Waals surface area contributed by atoms with E-state index < -0.39 is 29.6 Å². The smallest absolute Gasteiger partial charge is 0.337 e. The van der Waals surface area contributed by atoms with Gasteiger partial charge in [-0.05, 0) is 60.6 Å². The second kappa shape index (κ2) is 10.2. The van der Waals surface area contributed by atoms with Crippen LogP contribution in [0.5, 0.6) is 0 Å². The molecule has 1 fully saturated rings. The van der Waals surface area contributed by atoms with Gasteiger partial charge in [0.15, 0.2) is 0 Å². The van der Waals surface area contributed by atoms with Gasteiger partial charge in [0.1, 0.15) is 18.1 Å². The number of imide groups is 1. The van der Waals surface area contributed by atoms with Crippen molar-refractivity contribution in [3.05, 3.63) is 81.4 Å². The first-order valence-corrected chi connectivity index (χ1v) is 11.5. The normalized spacial score (nSPS) is 14.5. The molecule has 0 atom stereocenters. The number of halogens is 1. The second-order valence-electron chi connectivity index (χ2n) is 7.55. The Bertz CT molecular complexity index is 1360. The van der Waals surface area contributed by atoms with Crippen LogP contribution in [-0.4, -0.2) is 41.6 Å². The molecule has 0 aliphatic carbocycles. The maximum absolute atomic E-state index is 12.8. The zero-order valence-corrected chi connectivity index (χ0v) is 20.2. The summed E-state index contributed by atoms with van der Waals surface area (Å²) in [6, 6.07) is 15.1. The first-order chi connectivity index (χ1) is 16.7. The number of nitrogens with zero attached hydrogens (tertiary/aromatic N) is 1. The number of aryl methyl sites for hydroxylation is 1. The third kappa shape index (κ3) is 5.47. The summed E-state index contributed by atoms with van der Waals surface area (Å²) in [5.74, 6) is -0.665. The third-order valence-electron chi connectivity index (χ3n) is 5.14. The number of thioether (sulfide) groups is 1. The lowest BCUT2D eigenvalue weighted by Crippen LogP contribution is -2.36. The summed E-state index contributed by atoms with van der Waals surface area (Å²) in [5.41, 5.74) is 2.43. The number of furan rings is 1. The van der Waals surface area contributed by atoms with E-state index in [1.54, 1.807) is 61.5 Å².